The van der Waals surface area contributed by atoms with Crippen LogP contribution in [0.3, 0.4) is 0 Å². The minimum absolute atomic E-state index is 0.0332. The molecule has 13 heteroatoms. The third-order valence-corrected chi connectivity index (χ3v) is 7.02. The monoisotopic (exact) mass is 538 g/mol. The first-order valence-electron chi connectivity index (χ1n) is 11.9. The Labute approximate surface area is 216 Å². The van der Waals surface area contributed by atoms with Crippen molar-refractivity contribution >= 4 is 18.0 Å². The zero-order valence-electron chi connectivity index (χ0n) is 20.2. The second kappa shape index (κ2) is 11.0. The van der Waals surface area contributed by atoms with Crippen LogP contribution in [0.2, 0.25) is 0 Å². The fourth-order valence-corrected chi connectivity index (χ4v) is 5.14. The summed E-state index contributed by atoms with van der Waals surface area (Å²) >= 11 is 0. The number of benzene rings is 1. The number of aliphatic hydroxyl groups is 5. The van der Waals surface area contributed by atoms with Crippen LogP contribution in [0.1, 0.15) is 18.9 Å². The Balaban J connectivity index is 1.57. The van der Waals surface area contributed by atoms with Crippen LogP contribution in [0, 0.1) is 11.8 Å². The summed E-state index contributed by atoms with van der Waals surface area (Å²) in [4.78, 5) is 24.2. The summed E-state index contributed by atoms with van der Waals surface area (Å²) in [7, 11) is 0. The van der Waals surface area contributed by atoms with E-state index in [1.807, 2.05) is 0 Å². The molecule has 1 aliphatic carbocycles. The number of hydrogen-bond acceptors (Lipinski definition) is 12. The molecule has 2 aliphatic heterocycles. The van der Waals surface area contributed by atoms with Gasteiger partial charge in [-0.2, -0.15) is 0 Å². The number of phenols is 1. The Morgan fingerprint density at radius 3 is 2.45 bits per heavy atom. The highest BCUT2D eigenvalue weighted by Crippen LogP contribution is 2.49. The van der Waals surface area contributed by atoms with Crippen LogP contribution in [0.15, 0.2) is 42.2 Å². The van der Waals surface area contributed by atoms with Crippen molar-refractivity contribution in [1.29, 1.82) is 0 Å². The lowest BCUT2D eigenvalue weighted by molar-refractivity contribution is -0.347. The van der Waals surface area contributed by atoms with Gasteiger partial charge in [0.2, 0.25) is 12.6 Å². The van der Waals surface area contributed by atoms with E-state index >= 15 is 0 Å². The van der Waals surface area contributed by atoms with E-state index in [-0.39, 0.29) is 17.7 Å². The van der Waals surface area contributed by atoms with Gasteiger partial charge < -0.3 is 54.7 Å². The number of carboxylic acid groups (broad SMARTS) is 1. The summed E-state index contributed by atoms with van der Waals surface area (Å²) in [5.41, 5.74) is -1.35. The maximum absolute atomic E-state index is 12.5. The molecule has 13 nitrogen and oxygen atoms in total. The van der Waals surface area contributed by atoms with Crippen LogP contribution >= 0.6 is 0 Å². The van der Waals surface area contributed by atoms with Gasteiger partial charge in [-0.05, 0) is 30.7 Å². The SMILES string of the molecule is C[C@@]1(O)C[C@@H](O)[C@H]2C(C(=O)O)=CO[C@@H](O[C@H]3O[C@@H](CO)[C@H](O)[C@@H](O)[C@@H]3OC(=O)/C=C/c3ccc(O)cc3)[C@@H]21. The highest BCUT2D eigenvalue weighted by atomic mass is 16.8. The minimum Gasteiger partial charge on any atom is -0.508 e. The number of hydrogen-bond donors (Lipinski definition) is 7. The van der Waals surface area contributed by atoms with Gasteiger partial charge in [0, 0.05) is 18.4 Å². The molecule has 4 rings (SSSR count). The molecule has 2 fully saturated rings. The van der Waals surface area contributed by atoms with E-state index in [1.165, 1.54) is 37.3 Å². The van der Waals surface area contributed by atoms with Crippen LogP contribution in [-0.4, -0.2) is 103 Å². The molecule has 0 spiro atoms. The Morgan fingerprint density at radius 1 is 1.13 bits per heavy atom. The Hall–Kier alpha value is -3.04. The first-order valence-corrected chi connectivity index (χ1v) is 11.9. The maximum Gasteiger partial charge on any atom is 0.335 e. The van der Waals surface area contributed by atoms with Gasteiger partial charge in [0.25, 0.3) is 0 Å². The molecule has 0 aromatic heterocycles. The number of rotatable bonds is 7. The van der Waals surface area contributed by atoms with Crippen molar-refractivity contribution in [3.05, 3.63) is 47.7 Å². The van der Waals surface area contributed by atoms with Crippen LogP contribution in [0.5, 0.6) is 5.75 Å². The van der Waals surface area contributed by atoms with Crippen molar-refractivity contribution < 1.29 is 64.3 Å². The smallest absolute Gasteiger partial charge is 0.335 e. The number of carboxylic acids is 1. The lowest BCUT2D eigenvalue weighted by Gasteiger charge is -2.44. The molecule has 1 saturated heterocycles. The van der Waals surface area contributed by atoms with Crippen molar-refractivity contribution in [2.75, 3.05) is 6.61 Å². The van der Waals surface area contributed by atoms with Gasteiger partial charge in [0.15, 0.2) is 6.10 Å². The number of carbonyl (C=O) groups is 2. The molecule has 1 saturated carbocycles. The van der Waals surface area contributed by atoms with E-state index in [1.54, 1.807) is 0 Å². The molecule has 7 N–H and O–H groups in total. The van der Waals surface area contributed by atoms with Gasteiger partial charge in [0.1, 0.15) is 24.1 Å². The topological polar surface area (TPSA) is 213 Å². The molecule has 0 radical (unpaired) electrons. The second-order valence-electron chi connectivity index (χ2n) is 9.73. The van der Waals surface area contributed by atoms with E-state index in [4.69, 9.17) is 18.9 Å². The first-order chi connectivity index (χ1) is 17.9. The molecule has 0 unspecified atom stereocenters. The van der Waals surface area contributed by atoms with Crippen LogP contribution in [0.4, 0.5) is 0 Å². The van der Waals surface area contributed by atoms with Crippen molar-refractivity contribution in [2.24, 2.45) is 11.8 Å². The number of aliphatic hydroxyl groups excluding tert-OH is 4. The molecule has 0 bridgehead atoms. The highest BCUT2D eigenvalue weighted by molar-refractivity contribution is 5.88. The average Bonchev–Trinajstić information content (AvgIpc) is 3.11. The highest BCUT2D eigenvalue weighted by Gasteiger charge is 2.59. The molecule has 1 aromatic carbocycles. The van der Waals surface area contributed by atoms with Crippen molar-refractivity contribution in [2.45, 2.75) is 62.0 Å². The predicted molar refractivity (Wildman–Crippen MR) is 125 cm³/mol. The van der Waals surface area contributed by atoms with E-state index in [2.05, 4.69) is 0 Å². The Kier molecular flexibility index (Phi) is 8.09. The molecule has 2 heterocycles. The van der Waals surface area contributed by atoms with Crippen molar-refractivity contribution in [1.82, 2.24) is 0 Å². The van der Waals surface area contributed by atoms with Gasteiger partial charge in [-0.15, -0.1) is 0 Å². The molecule has 1 aromatic rings. The third kappa shape index (κ3) is 5.54. The zero-order chi connectivity index (χ0) is 27.8. The normalized spacial score (nSPS) is 38.8. The van der Waals surface area contributed by atoms with Gasteiger partial charge in [-0.1, -0.05) is 12.1 Å². The molecular formula is C25H30O13. The number of phenolic OH excluding ortho intramolecular Hbond substituents is 1. The molecule has 0 amide bonds. The molecule has 10 atom stereocenters. The van der Waals surface area contributed by atoms with E-state index in [9.17, 15) is 45.3 Å². The lowest BCUT2D eigenvalue weighted by atomic mass is 9.81. The summed E-state index contributed by atoms with van der Waals surface area (Å²) in [5, 5.41) is 70.9. The lowest BCUT2D eigenvalue weighted by Crippen LogP contribution is -2.62. The predicted octanol–water partition coefficient (Wildman–Crippen LogP) is -1.15. The largest absolute Gasteiger partial charge is 0.508 e. The molecular weight excluding hydrogens is 508 g/mol. The Bertz CT molecular complexity index is 1080. The second-order valence-corrected chi connectivity index (χ2v) is 9.73. The van der Waals surface area contributed by atoms with Gasteiger partial charge in [-0.25, -0.2) is 9.59 Å². The summed E-state index contributed by atoms with van der Waals surface area (Å²) < 4.78 is 22.2. The van der Waals surface area contributed by atoms with Crippen LogP contribution in [-0.2, 0) is 28.5 Å². The number of aromatic hydroxyl groups is 1. The fourth-order valence-electron chi connectivity index (χ4n) is 5.14. The third-order valence-electron chi connectivity index (χ3n) is 7.02. The molecule has 208 valence electrons. The maximum atomic E-state index is 12.5. The van der Waals surface area contributed by atoms with E-state index < -0.39 is 79.1 Å². The first kappa shape index (κ1) is 28.0. The molecule has 38 heavy (non-hydrogen) atoms. The number of ether oxygens (including phenoxy) is 4. The van der Waals surface area contributed by atoms with E-state index in [0.717, 1.165) is 12.3 Å². The van der Waals surface area contributed by atoms with E-state index in [0.29, 0.717) is 5.56 Å². The summed E-state index contributed by atoms with van der Waals surface area (Å²) in [6.45, 7) is 0.657. The summed E-state index contributed by atoms with van der Waals surface area (Å²) in [6.07, 6.45) is -7.55. The van der Waals surface area contributed by atoms with Gasteiger partial charge in [0.05, 0.1) is 36.1 Å². The number of aliphatic carboxylic acids is 1. The van der Waals surface area contributed by atoms with Crippen LogP contribution in [0.25, 0.3) is 6.08 Å². The summed E-state index contributed by atoms with van der Waals surface area (Å²) in [5.74, 6) is -4.43. The standard InChI is InChI=1S/C25H30O13/c1-25(34)8-14(28)17-13(22(32)33)10-35-23(18(17)25)38-24-21(20(31)19(30)15(9-26)36-24)37-16(29)7-4-11-2-5-12(27)6-3-11/h2-7,10,14-15,17-21,23-24,26-28,30-31,34H,8-9H2,1H3,(H,32,33)/b7-4+/t14-,15+,17-,18-,19+,20-,21+,23+,24-,25-/m1/s1. The number of esters is 1. The van der Waals surface area contributed by atoms with Crippen molar-refractivity contribution in [3.63, 3.8) is 0 Å². The average molecular weight is 539 g/mol. The van der Waals surface area contributed by atoms with Crippen molar-refractivity contribution in [3.8, 4) is 5.75 Å². The quantitative estimate of drug-likeness (QED) is 0.161. The van der Waals surface area contributed by atoms with Crippen LogP contribution < -0.4 is 0 Å². The minimum atomic E-state index is -1.77. The Morgan fingerprint density at radius 2 is 1.82 bits per heavy atom. The number of carbonyl (C=O) groups excluding carboxylic acids is 1. The fraction of sp³-hybridized carbons (Fsp3) is 0.520. The number of fused-ring (bicyclic) bond motifs is 1. The summed E-state index contributed by atoms with van der Waals surface area (Å²) in [6, 6.07) is 5.90. The van der Waals surface area contributed by atoms with Gasteiger partial charge in [-0.3, -0.25) is 0 Å². The zero-order valence-corrected chi connectivity index (χ0v) is 20.2. The van der Waals surface area contributed by atoms with Gasteiger partial charge >= 0.3 is 11.9 Å². The molecule has 3 aliphatic rings.